The molecule has 1 fully saturated rings. The Hall–Kier alpha value is -1.02. The summed E-state index contributed by atoms with van der Waals surface area (Å²) in [5, 5.41) is 3.41. The Morgan fingerprint density at radius 1 is 1.18 bits per heavy atom. The zero-order valence-electron chi connectivity index (χ0n) is 11.1. The standard InChI is InChI=1S/C15H23NO/c1-11(2)17-15-9-12(3)8-14(10-15)13-4-6-16-7-5-13/h8-11,13,16H,4-7H2,1-3H3. The quantitative estimate of drug-likeness (QED) is 0.865. The van der Waals surface area contributed by atoms with Crippen molar-refractivity contribution in [2.24, 2.45) is 0 Å². The maximum atomic E-state index is 5.81. The van der Waals surface area contributed by atoms with E-state index >= 15 is 0 Å². The minimum Gasteiger partial charge on any atom is -0.491 e. The molecule has 0 aliphatic carbocycles. The van der Waals surface area contributed by atoms with Crippen molar-refractivity contribution in [1.82, 2.24) is 5.32 Å². The van der Waals surface area contributed by atoms with Crippen molar-refractivity contribution in [3.63, 3.8) is 0 Å². The average Bonchev–Trinajstić information content (AvgIpc) is 2.28. The molecule has 2 nitrogen and oxygen atoms in total. The molecule has 0 aromatic heterocycles. The first kappa shape index (κ1) is 12.4. The SMILES string of the molecule is Cc1cc(OC(C)C)cc(C2CCNCC2)c1. The molecule has 94 valence electrons. The molecule has 1 heterocycles. The van der Waals surface area contributed by atoms with E-state index in [0.717, 1.165) is 18.8 Å². The molecule has 0 saturated carbocycles. The van der Waals surface area contributed by atoms with Gasteiger partial charge in [-0.15, -0.1) is 0 Å². The first-order chi connectivity index (χ1) is 8.15. The lowest BCUT2D eigenvalue weighted by Crippen LogP contribution is -2.26. The molecule has 0 amide bonds. The number of rotatable bonds is 3. The third-order valence-corrected chi connectivity index (χ3v) is 3.26. The number of aryl methyl sites for hydroxylation is 1. The Morgan fingerprint density at radius 3 is 2.53 bits per heavy atom. The highest BCUT2D eigenvalue weighted by Crippen LogP contribution is 2.29. The van der Waals surface area contributed by atoms with Crippen molar-refractivity contribution in [1.29, 1.82) is 0 Å². The van der Waals surface area contributed by atoms with Crippen molar-refractivity contribution in [3.05, 3.63) is 29.3 Å². The zero-order valence-corrected chi connectivity index (χ0v) is 11.1. The third-order valence-electron chi connectivity index (χ3n) is 3.26. The van der Waals surface area contributed by atoms with Crippen molar-refractivity contribution < 1.29 is 4.74 Å². The van der Waals surface area contributed by atoms with Gasteiger partial charge in [0.1, 0.15) is 5.75 Å². The topological polar surface area (TPSA) is 21.3 Å². The van der Waals surface area contributed by atoms with E-state index < -0.39 is 0 Å². The van der Waals surface area contributed by atoms with Gasteiger partial charge in [-0.05, 0) is 75.9 Å². The summed E-state index contributed by atoms with van der Waals surface area (Å²) in [6.07, 6.45) is 2.73. The molecule has 0 unspecified atom stereocenters. The fourth-order valence-corrected chi connectivity index (χ4v) is 2.51. The molecule has 1 N–H and O–H groups in total. The lowest BCUT2D eigenvalue weighted by atomic mass is 9.89. The smallest absolute Gasteiger partial charge is 0.120 e. The van der Waals surface area contributed by atoms with E-state index in [9.17, 15) is 0 Å². The third kappa shape index (κ3) is 3.47. The number of nitrogens with one attached hydrogen (secondary N) is 1. The van der Waals surface area contributed by atoms with Gasteiger partial charge in [0.15, 0.2) is 0 Å². The van der Waals surface area contributed by atoms with Crippen LogP contribution in [-0.4, -0.2) is 19.2 Å². The van der Waals surface area contributed by atoms with E-state index in [1.54, 1.807) is 0 Å². The van der Waals surface area contributed by atoms with Crippen LogP contribution >= 0.6 is 0 Å². The molecule has 2 heteroatoms. The van der Waals surface area contributed by atoms with E-state index in [1.165, 1.54) is 24.0 Å². The van der Waals surface area contributed by atoms with Gasteiger partial charge in [0.2, 0.25) is 0 Å². The van der Waals surface area contributed by atoms with E-state index in [-0.39, 0.29) is 6.10 Å². The molecule has 1 aliphatic heterocycles. The second kappa shape index (κ2) is 5.54. The van der Waals surface area contributed by atoms with Crippen LogP contribution in [0.25, 0.3) is 0 Å². The maximum absolute atomic E-state index is 5.81. The molecular weight excluding hydrogens is 210 g/mol. The van der Waals surface area contributed by atoms with Crippen LogP contribution in [0, 0.1) is 6.92 Å². The summed E-state index contributed by atoms with van der Waals surface area (Å²) in [6.45, 7) is 8.58. The predicted octanol–water partition coefficient (Wildman–Crippen LogP) is 3.25. The van der Waals surface area contributed by atoms with Gasteiger partial charge >= 0.3 is 0 Å². The zero-order chi connectivity index (χ0) is 12.3. The van der Waals surface area contributed by atoms with Crippen molar-refractivity contribution in [3.8, 4) is 5.75 Å². The molecule has 0 spiro atoms. The fraction of sp³-hybridized carbons (Fsp3) is 0.600. The second-order valence-corrected chi connectivity index (χ2v) is 5.27. The monoisotopic (exact) mass is 233 g/mol. The largest absolute Gasteiger partial charge is 0.491 e. The number of hydrogen-bond donors (Lipinski definition) is 1. The number of piperidine rings is 1. The number of hydrogen-bond acceptors (Lipinski definition) is 2. The summed E-state index contributed by atoms with van der Waals surface area (Å²) in [5.74, 6) is 1.72. The molecule has 0 radical (unpaired) electrons. The van der Waals surface area contributed by atoms with Crippen LogP contribution in [0.5, 0.6) is 5.75 Å². The molecule has 1 aromatic rings. The van der Waals surface area contributed by atoms with Crippen LogP contribution in [0.4, 0.5) is 0 Å². The van der Waals surface area contributed by atoms with E-state index in [4.69, 9.17) is 4.74 Å². The summed E-state index contributed by atoms with van der Waals surface area (Å²) in [6, 6.07) is 6.66. The maximum Gasteiger partial charge on any atom is 0.120 e. The van der Waals surface area contributed by atoms with Gasteiger partial charge < -0.3 is 10.1 Å². The Labute approximate surface area is 104 Å². The van der Waals surface area contributed by atoms with E-state index in [2.05, 4.69) is 44.3 Å². The lowest BCUT2D eigenvalue weighted by Gasteiger charge is -2.24. The van der Waals surface area contributed by atoms with Crippen LogP contribution < -0.4 is 10.1 Å². The second-order valence-electron chi connectivity index (χ2n) is 5.27. The van der Waals surface area contributed by atoms with Crippen LogP contribution in [-0.2, 0) is 0 Å². The van der Waals surface area contributed by atoms with Crippen LogP contribution in [0.2, 0.25) is 0 Å². The van der Waals surface area contributed by atoms with Crippen LogP contribution in [0.15, 0.2) is 18.2 Å². The Bertz CT molecular complexity index is 367. The van der Waals surface area contributed by atoms with Crippen LogP contribution in [0.1, 0.15) is 43.7 Å². The van der Waals surface area contributed by atoms with Gasteiger partial charge in [0.25, 0.3) is 0 Å². The molecule has 1 saturated heterocycles. The van der Waals surface area contributed by atoms with Crippen molar-refractivity contribution in [2.75, 3.05) is 13.1 Å². The normalized spacial score (nSPS) is 17.4. The predicted molar refractivity (Wildman–Crippen MR) is 71.8 cm³/mol. The first-order valence-electron chi connectivity index (χ1n) is 6.64. The Balaban J connectivity index is 2.18. The Morgan fingerprint density at radius 2 is 1.88 bits per heavy atom. The minimum atomic E-state index is 0.248. The van der Waals surface area contributed by atoms with E-state index in [1.807, 2.05) is 0 Å². The highest BCUT2D eigenvalue weighted by atomic mass is 16.5. The van der Waals surface area contributed by atoms with Gasteiger partial charge in [-0.1, -0.05) is 6.07 Å². The van der Waals surface area contributed by atoms with Gasteiger partial charge in [-0.3, -0.25) is 0 Å². The van der Waals surface area contributed by atoms with Crippen molar-refractivity contribution in [2.45, 2.75) is 45.6 Å². The van der Waals surface area contributed by atoms with Gasteiger partial charge in [0.05, 0.1) is 6.10 Å². The van der Waals surface area contributed by atoms with Gasteiger partial charge in [-0.25, -0.2) is 0 Å². The highest BCUT2D eigenvalue weighted by molar-refractivity contribution is 5.36. The first-order valence-corrected chi connectivity index (χ1v) is 6.64. The molecule has 1 aromatic carbocycles. The summed E-state index contributed by atoms with van der Waals surface area (Å²) in [5.41, 5.74) is 2.75. The average molecular weight is 233 g/mol. The molecule has 1 aliphatic rings. The highest BCUT2D eigenvalue weighted by Gasteiger charge is 2.16. The fourth-order valence-electron chi connectivity index (χ4n) is 2.51. The molecule has 0 atom stereocenters. The van der Waals surface area contributed by atoms with Gasteiger partial charge in [0, 0.05) is 0 Å². The number of benzene rings is 1. The summed E-state index contributed by atoms with van der Waals surface area (Å²) in [7, 11) is 0. The molecule has 17 heavy (non-hydrogen) atoms. The summed E-state index contributed by atoms with van der Waals surface area (Å²) < 4.78 is 5.81. The molecule has 2 rings (SSSR count). The minimum absolute atomic E-state index is 0.248. The number of ether oxygens (including phenoxy) is 1. The molecule has 0 bridgehead atoms. The van der Waals surface area contributed by atoms with Crippen LogP contribution in [0.3, 0.4) is 0 Å². The lowest BCUT2D eigenvalue weighted by molar-refractivity contribution is 0.242. The van der Waals surface area contributed by atoms with E-state index in [0.29, 0.717) is 5.92 Å². The Kier molecular flexibility index (Phi) is 4.06. The van der Waals surface area contributed by atoms with Gasteiger partial charge in [-0.2, -0.15) is 0 Å². The van der Waals surface area contributed by atoms with Crippen molar-refractivity contribution >= 4 is 0 Å². The summed E-state index contributed by atoms with van der Waals surface area (Å²) in [4.78, 5) is 0. The summed E-state index contributed by atoms with van der Waals surface area (Å²) >= 11 is 0. The molecular formula is C15H23NO.